The molecule has 0 spiro atoms. The van der Waals surface area contributed by atoms with Crippen LogP contribution in [0.4, 0.5) is 0 Å². The lowest BCUT2D eigenvalue weighted by atomic mass is 10.0. The number of nitrogens with zero attached hydrogens (tertiary/aromatic N) is 1. The Labute approximate surface area is 107 Å². The molecule has 1 unspecified atom stereocenters. The first kappa shape index (κ1) is 13.1. The average Bonchev–Trinajstić information content (AvgIpc) is 2.40. The molecule has 0 saturated carbocycles. The third-order valence-electron chi connectivity index (χ3n) is 3.26. The van der Waals surface area contributed by atoms with Gasteiger partial charge in [0, 0.05) is 13.0 Å². The molecule has 1 aliphatic rings. The molecule has 1 aromatic rings. The zero-order valence-corrected chi connectivity index (χ0v) is 10.4. The van der Waals surface area contributed by atoms with Gasteiger partial charge in [-0.25, -0.2) is 0 Å². The fourth-order valence-electron chi connectivity index (χ4n) is 2.32. The SMILES string of the molecule is O=C(O)CCCN1CCOCC1c1ccccc1. The lowest BCUT2D eigenvalue weighted by molar-refractivity contribution is -0.137. The fraction of sp³-hybridized carbons (Fsp3) is 0.500. The molecule has 1 heterocycles. The predicted molar refractivity (Wildman–Crippen MR) is 68.4 cm³/mol. The molecule has 1 N–H and O–H groups in total. The highest BCUT2D eigenvalue weighted by Gasteiger charge is 2.23. The molecule has 4 nitrogen and oxygen atoms in total. The van der Waals surface area contributed by atoms with Crippen molar-refractivity contribution in [1.29, 1.82) is 0 Å². The lowest BCUT2D eigenvalue weighted by Crippen LogP contribution is -2.40. The average molecular weight is 249 g/mol. The van der Waals surface area contributed by atoms with Crippen molar-refractivity contribution in [2.24, 2.45) is 0 Å². The highest BCUT2D eigenvalue weighted by atomic mass is 16.5. The Morgan fingerprint density at radius 1 is 1.39 bits per heavy atom. The zero-order chi connectivity index (χ0) is 12.8. The van der Waals surface area contributed by atoms with Crippen molar-refractivity contribution in [3.8, 4) is 0 Å². The summed E-state index contributed by atoms with van der Waals surface area (Å²) in [4.78, 5) is 12.9. The second kappa shape index (κ2) is 6.52. The molecule has 0 radical (unpaired) electrons. The number of carbonyl (C=O) groups is 1. The number of hydrogen-bond donors (Lipinski definition) is 1. The number of aliphatic carboxylic acids is 1. The molecule has 2 rings (SSSR count). The van der Waals surface area contributed by atoms with E-state index >= 15 is 0 Å². The molecule has 1 fully saturated rings. The highest BCUT2D eigenvalue weighted by molar-refractivity contribution is 5.66. The van der Waals surface area contributed by atoms with Crippen molar-refractivity contribution in [3.63, 3.8) is 0 Å². The molecule has 98 valence electrons. The van der Waals surface area contributed by atoms with E-state index in [4.69, 9.17) is 9.84 Å². The molecule has 0 aliphatic carbocycles. The van der Waals surface area contributed by atoms with Gasteiger partial charge in [0.25, 0.3) is 0 Å². The molecule has 1 atom stereocenters. The molecule has 18 heavy (non-hydrogen) atoms. The van der Waals surface area contributed by atoms with Crippen molar-refractivity contribution in [2.75, 3.05) is 26.3 Å². The van der Waals surface area contributed by atoms with Gasteiger partial charge in [-0.1, -0.05) is 30.3 Å². The van der Waals surface area contributed by atoms with Gasteiger partial charge in [-0.15, -0.1) is 0 Å². The standard InChI is InChI=1S/C14H19NO3/c16-14(17)7-4-8-15-9-10-18-11-13(15)12-5-2-1-3-6-12/h1-3,5-6,13H,4,7-11H2,(H,16,17). The maximum Gasteiger partial charge on any atom is 0.303 e. The number of rotatable bonds is 5. The Bertz CT molecular complexity index is 380. The minimum absolute atomic E-state index is 0.235. The van der Waals surface area contributed by atoms with Gasteiger partial charge >= 0.3 is 5.97 Å². The Morgan fingerprint density at radius 3 is 2.89 bits per heavy atom. The predicted octanol–water partition coefficient (Wildman–Crippen LogP) is 1.92. The van der Waals surface area contributed by atoms with E-state index in [1.807, 2.05) is 18.2 Å². The largest absolute Gasteiger partial charge is 0.481 e. The van der Waals surface area contributed by atoms with Crippen molar-refractivity contribution >= 4 is 5.97 Å². The van der Waals surface area contributed by atoms with E-state index in [2.05, 4.69) is 17.0 Å². The summed E-state index contributed by atoms with van der Waals surface area (Å²) in [5.41, 5.74) is 1.24. The van der Waals surface area contributed by atoms with Crippen LogP contribution in [-0.4, -0.2) is 42.3 Å². The van der Waals surface area contributed by atoms with E-state index in [9.17, 15) is 4.79 Å². The Hall–Kier alpha value is -1.39. The molecular weight excluding hydrogens is 230 g/mol. The first-order valence-electron chi connectivity index (χ1n) is 6.36. The van der Waals surface area contributed by atoms with Gasteiger partial charge in [0.1, 0.15) is 0 Å². The minimum Gasteiger partial charge on any atom is -0.481 e. The summed E-state index contributed by atoms with van der Waals surface area (Å²) < 4.78 is 5.54. The summed E-state index contributed by atoms with van der Waals surface area (Å²) in [7, 11) is 0. The Morgan fingerprint density at radius 2 is 2.17 bits per heavy atom. The maximum absolute atomic E-state index is 10.5. The van der Waals surface area contributed by atoms with Crippen LogP contribution in [0.15, 0.2) is 30.3 Å². The number of benzene rings is 1. The van der Waals surface area contributed by atoms with E-state index in [1.165, 1.54) is 5.56 Å². The molecule has 4 heteroatoms. The summed E-state index contributed by atoms with van der Waals surface area (Å²) in [6, 6.07) is 10.5. The van der Waals surface area contributed by atoms with Crippen molar-refractivity contribution in [3.05, 3.63) is 35.9 Å². The van der Waals surface area contributed by atoms with Crippen LogP contribution in [-0.2, 0) is 9.53 Å². The fourth-order valence-corrected chi connectivity index (χ4v) is 2.32. The van der Waals surface area contributed by atoms with Crippen LogP contribution in [0.5, 0.6) is 0 Å². The Balaban J connectivity index is 1.95. The second-order valence-electron chi connectivity index (χ2n) is 4.53. The van der Waals surface area contributed by atoms with Gasteiger partial charge in [-0.2, -0.15) is 0 Å². The van der Waals surface area contributed by atoms with Crippen molar-refractivity contribution in [2.45, 2.75) is 18.9 Å². The number of hydrogen-bond acceptors (Lipinski definition) is 3. The minimum atomic E-state index is -0.723. The summed E-state index contributed by atoms with van der Waals surface area (Å²) >= 11 is 0. The topological polar surface area (TPSA) is 49.8 Å². The first-order chi connectivity index (χ1) is 8.77. The molecule has 1 aliphatic heterocycles. The van der Waals surface area contributed by atoms with Crippen LogP contribution >= 0.6 is 0 Å². The molecule has 0 amide bonds. The summed E-state index contributed by atoms with van der Waals surface area (Å²) in [6.45, 7) is 3.11. The zero-order valence-electron chi connectivity index (χ0n) is 10.4. The van der Waals surface area contributed by atoms with Gasteiger partial charge < -0.3 is 9.84 Å². The van der Waals surface area contributed by atoms with Crippen LogP contribution in [0.2, 0.25) is 0 Å². The summed E-state index contributed by atoms with van der Waals surface area (Å²) in [5.74, 6) is -0.723. The van der Waals surface area contributed by atoms with Gasteiger partial charge in [0.2, 0.25) is 0 Å². The van der Waals surface area contributed by atoms with Crippen LogP contribution < -0.4 is 0 Å². The molecular formula is C14H19NO3. The smallest absolute Gasteiger partial charge is 0.303 e. The third kappa shape index (κ3) is 3.55. The van der Waals surface area contributed by atoms with Gasteiger partial charge in [0.15, 0.2) is 0 Å². The monoisotopic (exact) mass is 249 g/mol. The van der Waals surface area contributed by atoms with E-state index < -0.39 is 5.97 Å². The molecule has 0 aromatic heterocycles. The number of morpholine rings is 1. The van der Waals surface area contributed by atoms with Gasteiger partial charge in [0.05, 0.1) is 19.3 Å². The van der Waals surface area contributed by atoms with Crippen LogP contribution in [0.3, 0.4) is 0 Å². The molecule has 1 aromatic carbocycles. The van der Waals surface area contributed by atoms with Crippen molar-refractivity contribution in [1.82, 2.24) is 4.90 Å². The van der Waals surface area contributed by atoms with E-state index in [0.717, 1.165) is 19.7 Å². The second-order valence-corrected chi connectivity index (χ2v) is 4.53. The van der Waals surface area contributed by atoms with E-state index in [0.29, 0.717) is 13.0 Å². The van der Waals surface area contributed by atoms with Gasteiger partial charge in [-0.3, -0.25) is 9.69 Å². The first-order valence-corrected chi connectivity index (χ1v) is 6.36. The summed E-state index contributed by atoms with van der Waals surface area (Å²) in [5, 5.41) is 8.68. The third-order valence-corrected chi connectivity index (χ3v) is 3.26. The Kier molecular flexibility index (Phi) is 4.73. The quantitative estimate of drug-likeness (QED) is 0.866. The number of ether oxygens (including phenoxy) is 1. The van der Waals surface area contributed by atoms with Crippen molar-refractivity contribution < 1.29 is 14.6 Å². The van der Waals surface area contributed by atoms with Gasteiger partial charge in [-0.05, 0) is 18.5 Å². The molecule has 1 saturated heterocycles. The summed E-state index contributed by atoms with van der Waals surface area (Å²) in [6.07, 6.45) is 0.928. The number of carboxylic acids is 1. The normalized spacial score (nSPS) is 20.8. The van der Waals surface area contributed by atoms with Crippen LogP contribution in [0, 0.1) is 0 Å². The molecule has 0 bridgehead atoms. The number of carboxylic acid groups (broad SMARTS) is 1. The maximum atomic E-state index is 10.5. The highest BCUT2D eigenvalue weighted by Crippen LogP contribution is 2.24. The van der Waals surface area contributed by atoms with Crippen LogP contribution in [0.1, 0.15) is 24.4 Å². The lowest BCUT2D eigenvalue weighted by Gasteiger charge is -2.35. The van der Waals surface area contributed by atoms with E-state index in [-0.39, 0.29) is 12.5 Å². The van der Waals surface area contributed by atoms with Crippen LogP contribution in [0.25, 0.3) is 0 Å². The van der Waals surface area contributed by atoms with E-state index in [1.54, 1.807) is 0 Å².